The van der Waals surface area contributed by atoms with Crippen LogP contribution in [0.3, 0.4) is 0 Å². The molecule has 3 aromatic rings. The van der Waals surface area contributed by atoms with Crippen LogP contribution in [0.25, 0.3) is 0 Å². The molecule has 0 aliphatic carbocycles. The van der Waals surface area contributed by atoms with Crippen molar-refractivity contribution in [3.63, 3.8) is 0 Å². The summed E-state index contributed by atoms with van der Waals surface area (Å²) in [5, 5.41) is 10.7. The number of halogens is 2. The summed E-state index contributed by atoms with van der Waals surface area (Å²) in [6.45, 7) is 4.05. The summed E-state index contributed by atoms with van der Waals surface area (Å²) < 4.78 is 35.1. The van der Waals surface area contributed by atoms with Crippen LogP contribution < -0.4 is 14.8 Å². The van der Waals surface area contributed by atoms with Crippen LogP contribution in [-0.2, 0) is 10.0 Å². The molecule has 1 aliphatic heterocycles. The number of ether oxygens (including phenoxy) is 1. The molecule has 4 rings (SSSR count). The van der Waals surface area contributed by atoms with Gasteiger partial charge in [0.05, 0.1) is 16.6 Å². The van der Waals surface area contributed by atoms with Gasteiger partial charge in [0.15, 0.2) is 0 Å². The molecule has 1 aliphatic rings. The van der Waals surface area contributed by atoms with Gasteiger partial charge in [-0.1, -0.05) is 66.6 Å². The predicted octanol–water partition coefficient (Wildman–Crippen LogP) is 5.46. The fraction of sp³-hybridized carbons (Fsp3) is 0.318. The summed E-state index contributed by atoms with van der Waals surface area (Å²) in [5.41, 5.74) is 0.469. The van der Waals surface area contributed by atoms with E-state index in [0.29, 0.717) is 17.2 Å². The van der Waals surface area contributed by atoms with E-state index in [1.54, 1.807) is 0 Å². The molecule has 8 nitrogen and oxygen atoms in total. The maximum atomic E-state index is 13.2. The summed E-state index contributed by atoms with van der Waals surface area (Å²) >= 11 is 12.7. The molecule has 1 aromatic heterocycles. The van der Waals surface area contributed by atoms with Crippen molar-refractivity contribution in [2.24, 2.45) is 0 Å². The summed E-state index contributed by atoms with van der Waals surface area (Å²) in [4.78, 5) is 12.5. The highest BCUT2D eigenvalue weighted by atomic mass is 35.5. The Bertz CT molecular complexity index is 1330. The highest BCUT2D eigenvalue weighted by Gasteiger charge is 2.40. The zero-order valence-electron chi connectivity index (χ0n) is 18.3. The lowest BCUT2D eigenvalue weighted by molar-refractivity contribution is 0.0260. The Labute approximate surface area is 211 Å². The second-order valence-electron chi connectivity index (χ2n) is 7.86. The van der Waals surface area contributed by atoms with E-state index in [2.05, 4.69) is 20.2 Å². The molecule has 1 unspecified atom stereocenters. The first-order valence-corrected chi connectivity index (χ1v) is 13.6. The van der Waals surface area contributed by atoms with E-state index in [-0.39, 0.29) is 20.1 Å². The quantitative estimate of drug-likeness (QED) is 0.385. The molecule has 2 heterocycles. The minimum atomic E-state index is -4.02. The molecular weight excluding hydrogens is 519 g/mol. The van der Waals surface area contributed by atoms with Crippen LogP contribution >= 0.6 is 34.5 Å². The lowest BCUT2D eigenvalue weighted by Crippen LogP contribution is -2.44. The second kappa shape index (κ2) is 9.79. The molecule has 12 heteroatoms. The zero-order chi connectivity index (χ0) is 24.5. The topological polar surface area (TPSA) is 110 Å². The van der Waals surface area contributed by atoms with E-state index in [0.717, 1.165) is 29.7 Å². The summed E-state index contributed by atoms with van der Waals surface area (Å²) in [6, 6.07) is 11.3. The maximum Gasteiger partial charge on any atom is 0.270 e. The Morgan fingerprint density at radius 1 is 1.18 bits per heavy atom. The molecule has 1 atom stereocenters. The summed E-state index contributed by atoms with van der Waals surface area (Å²) in [7, 11) is -4.02. The molecule has 0 saturated carbocycles. The van der Waals surface area contributed by atoms with Gasteiger partial charge < -0.3 is 4.74 Å². The number of carbonyl (C=O) groups is 1. The number of aromatic nitrogens is 2. The minimum Gasteiger partial charge on any atom is -0.487 e. The molecule has 1 amide bonds. The van der Waals surface area contributed by atoms with Crippen LogP contribution in [0.5, 0.6) is 5.75 Å². The van der Waals surface area contributed by atoms with E-state index in [1.165, 1.54) is 18.2 Å². The number of amides is 1. The molecule has 0 spiro atoms. The number of rotatable bonds is 7. The van der Waals surface area contributed by atoms with E-state index < -0.39 is 27.6 Å². The molecule has 34 heavy (non-hydrogen) atoms. The highest BCUT2D eigenvalue weighted by molar-refractivity contribution is 7.91. The number of para-hydroxylation sites is 1. The van der Waals surface area contributed by atoms with Gasteiger partial charge in [0.2, 0.25) is 9.47 Å². The third-order valence-corrected chi connectivity index (χ3v) is 9.04. The fourth-order valence-electron chi connectivity index (χ4n) is 3.85. The van der Waals surface area contributed by atoms with Crippen molar-refractivity contribution in [3.8, 4) is 5.75 Å². The van der Waals surface area contributed by atoms with Crippen LogP contribution in [0.2, 0.25) is 10.0 Å². The van der Waals surface area contributed by atoms with Gasteiger partial charge >= 0.3 is 0 Å². The standard InChI is InChI=1S/C22H22Cl2N4O4S2/c1-3-22(4-2)12-17(15-7-5-6-8-18(15)32-22)28-34(30,31)21-27-26-20(33-21)25-19(29)14-10-9-13(23)11-16(14)24/h5-11,17,28H,3-4,12H2,1-2H3,(H,25,26,29). The molecule has 180 valence electrons. The van der Waals surface area contributed by atoms with Crippen LogP contribution in [0.1, 0.15) is 55.1 Å². The van der Waals surface area contributed by atoms with E-state index in [4.69, 9.17) is 27.9 Å². The smallest absolute Gasteiger partial charge is 0.270 e. The fourth-order valence-corrected chi connectivity index (χ4v) is 6.47. The Kier molecular flexibility index (Phi) is 7.16. The number of nitrogens with zero attached hydrogens (tertiary/aromatic N) is 2. The first-order valence-electron chi connectivity index (χ1n) is 10.6. The third kappa shape index (κ3) is 5.06. The van der Waals surface area contributed by atoms with Crippen molar-refractivity contribution in [2.45, 2.75) is 49.1 Å². The van der Waals surface area contributed by atoms with Crippen molar-refractivity contribution < 1.29 is 17.9 Å². The van der Waals surface area contributed by atoms with Gasteiger partial charge in [0.25, 0.3) is 15.9 Å². The summed E-state index contributed by atoms with van der Waals surface area (Å²) in [6.07, 6.45) is 1.95. The number of carbonyl (C=O) groups excluding carboxylic acids is 1. The van der Waals surface area contributed by atoms with Crippen LogP contribution in [0.15, 0.2) is 46.8 Å². The Morgan fingerprint density at radius 3 is 2.62 bits per heavy atom. The molecule has 2 aromatic carbocycles. The van der Waals surface area contributed by atoms with E-state index in [9.17, 15) is 13.2 Å². The van der Waals surface area contributed by atoms with E-state index >= 15 is 0 Å². The average Bonchev–Trinajstić information content (AvgIpc) is 3.28. The normalized spacial score (nSPS) is 17.0. The Balaban J connectivity index is 1.55. The van der Waals surface area contributed by atoms with Gasteiger partial charge in [-0.25, -0.2) is 13.1 Å². The summed E-state index contributed by atoms with van der Waals surface area (Å²) in [5.74, 6) is 0.110. The number of sulfonamides is 1. The monoisotopic (exact) mass is 540 g/mol. The van der Waals surface area contributed by atoms with Gasteiger partial charge in [0, 0.05) is 17.0 Å². The SMILES string of the molecule is CCC1(CC)CC(NS(=O)(=O)c2nnc(NC(=O)c3ccc(Cl)cc3Cl)s2)c2ccccc2O1. The Hall–Kier alpha value is -2.24. The number of hydrogen-bond acceptors (Lipinski definition) is 7. The molecular formula is C22H22Cl2N4O4S2. The van der Waals surface area contributed by atoms with Crippen molar-refractivity contribution in [3.05, 3.63) is 63.6 Å². The number of nitrogens with one attached hydrogen (secondary N) is 2. The first kappa shape index (κ1) is 24.9. The van der Waals surface area contributed by atoms with E-state index in [1.807, 2.05) is 38.1 Å². The number of anilines is 1. The van der Waals surface area contributed by atoms with Crippen LogP contribution in [-0.4, -0.2) is 30.1 Å². The maximum absolute atomic E-state index is 13.2. The van der Waals surface area contributed by atoms with Crippen molar-refractivity contribution in [1.82, 2.24) is 14.9 Å². The van der Waals surface area contributed by atoms with Crippen LogP contribution in [0, 0.1) is 0 Å². The van der Waals surface area contributed by atoms with Gasteiger partial charge in [-0.2, -0.15) is 0 Å². The lowest BCUT2D eigenvalue weighted by Gasteiger charge is -2.41. The molecule has 0 saturated heterocycles. The highest BCUT2D eigenvalue weighted by Crippen LogP contribution is 2.43. The average molecular weight is 541 g/mol. The zero-order valence-corrected chi connectivity index (χ0v) is 21.5. The lowest BCUT2D eigenvalue weighted by atomic mass is 9.84. The number of benzene rings is 2. The van der Waals surface area contributed by atoms with Crippen molar-refractivity contribution >= 4 is 55.6 Å². The Morgan fingerprint density at radius 2 is 1.91 bits per heavy atom. The van der Waals surface area contributed by atoms with Crippen molar-refractivity contribution in [1.29, 1.82) is 0 Å². The van der Waals surface area contributed by atoms with Gasteiger partial charge in [-0.15, -0.1) is 10.2 Å². The van der Waals surface area contributed by atoms with Gasteiger partial charge in [-0.05, 0) is 37.1 Å². The predicted molar refractivity (Wildman–Crippen MR) is 132 cm³/mol. The largest absolute Gasteiger partial charge is 0.487 e. The molecule has 0 fully saturated rings. The molecule has 0 radical (unpaired) electrons. The third-order valence-electron chi connectivity index (χ3n) is 5.82. The number of hydrogen-bond donors (Lipinski definition) is 2. The van der Waals surface area contributed by atoms with Gasteiger partial charge in [0.1, 0.15) is 11.4 Å². The number of fused-ring (bicyclic) bond motifs is 1. The van der Waals surface area contributed by atoms with Crippen LogP contribution in [0.4, 0.5) is 5.13 Å². The first-order chi connectivity index (χ1) is 16.2. The minimum absolute atomic E-state index is 0.0280. The van der Waals surface area contributed by atoms with Gasteiger partial charge in [-0.3, -0.25) is 10.1 Å². The second-order valence-corrected chi connectivity index (χ2v) is 11.6. The van der Waals surface area contributed by atoms with Crippen molar-refractivity contribution in [2.75, 3.05) is 5.32 Å². The molecule has 2 N–H and O–H groups in total. The molecule has 0 bridgehead atoms.